The van der Waals surface area contributed by atoms with E-state index in [1.54, 1.807) is 12.1 Å². The first-order valence-electron chi connectivity index (χ1n) is 8.20. The normalized spacial score (nSPS) is 18.0. The third kappa shape index (κ3) is 2.25. The summed E-state index contributed by atoms with van der Waals surface area (Å²) in [5.41, 5.74) is 2.46. The molecule has 2 aliphatic rings. The highest BCUT2D eigenvalue weighted by Gasteiger charge is 2.36. The van der Waals surface area contributed by atoms with E-state index in [2.05, 4.69) is 4.90 Å². The van der Waals surface area contributed by atoms with E-state index < -0.39 is 11.6 Å². The van der Waals surface area contributed by atoms with Crippen molar-refractivity contribution in [3.05, 3.63) is 46.7 Å². The predicted molar refractivity (Wildman–Crippen MR) is 86.7 cm³/mol. The van der Waals surface area contributed by atoms with Crippen LogP contribution in [0.1, 0.15) is 51.3 Å². The molecule has 0 N–H and O–H groups in total. The molecule has 1 aromatic heterocycles. The van der Waals surface area contributed by atoms with Crippen molar-refractivity contribution in [1.29, 1.82) is 0 Å². The number of rotatable bonds is 2. The van der Waals surface area contributed by atoms with Crippen LogP contribution in [0.2, 0.25) is 0 Å². The average molecular weight is 309 g/mol. The van der Waals surface area contributed by atoms with E-state index in [1.807, 2.05) is 19.1 Å². The Kier molecular flexibility index (Phi) is 3.42. The van der Waals surface area contributed by atoms with Crippen LogP contribution in [0.15, 0.2) is 28.7 Å². The lowest BCUT2D eigenvalue weighted by Crippen LogP contribution is -2.29. The number of piperidine rings is 1. The molecular weight excluding hydrogens is 290 g/mol. The monoisotopic (exact) mass is 309 g/mol. The van der Waals surface area contributed by atoms with E-state index >= 15 is 0 Å². The highest BCUT2D eigenvalue weighted by molar-refractivity contribution is 6.53. The third-order valence-electron chi connectivity index (χ3n) is 4.91. The summed E-state index contributed by atoms with van der Waals surface area (Å²) in [6.07, 6.45) is 3.70. The molecule has 0 unspecified atom stereocenters. The SMILES string of the molecule is Cc1c(CN2CCCCC2)oc2c1C(=O)C(=O)c1ccccc1-2. The zero-order valence-electron chi connectivity index (χ0n) is 13.2. The molecule has 4 rings (SSSR count). The van der Waals surface area contributed by atoms with Crippen molar-refractivity contribution in [2.45, 2.75) is 32.7 Å². The first kappa shape index (κ1) is 14.4. The van der Waals surface area contributed by atoms with Gasteiger partial charge in [-0.3, -0.25) is 14.5 Å². The lowest BCUT2D eigenvalue weighted by atomic mass is 9.87. The van der Waals surface area contributed by atoms with E-state index in [-0.39, 0.29) is 0 Å². The largest absolute Gasteiger partial charge is 0.459 e. The molecule has 0 saturated carbocycles. The van der Waals surface area contributed by atoms with Crippen molar-refractivity contribution in [2.24, 2.45) is 0 Å². The van der Waals surface area contributed by atoms with E-state index in [1.165, 1.54) is 19.3 Å². The molecule has 2 heterocycles. The van der Waals surface area contributed by atoms with Crippen LogP contribution in [0, 0.1) is 6.92 Å². The quantitative estimate of drug-likeness (QED) is 0.795. The van der Waals surface area contributed by atoms with Crippen molar-refractivity contribution in [1.82, 2.24) is 4.90 Å². The van der Waals surface area contributed by atoms with Gasteiger partial charge in [0.1, 0.15) is 11.5 Å². The molecule has 23 heavy (non-hydrogen) atoms. The smallest absolute Gasteiger partial charge is 0.237 e. The van der Waals surface area contributed by atoms with Crippen LogP contribution in [0.25, 0.3) is 11.3 Å². The maximum absolute atomic E-state index is 12.5. The van der Waals surface area contributed by atoms with Gasteiger partial charge in [0, 0.05) is 16.7 Å². The van der Waals surface area contributed by atoms with Gasteiger partial charge < -0.3 is 4.42 Å². The summed E-state index contributed by atoms with van der Waals surface area (Å²) in [5, 5.41) is 0. The van der Waals surface area contributed by atoms with Crippen LogP contribution in [-0.4, -0.2) is 29.6 Å². The standard InChI is InChI=1S/C19H19NO3/c1-12-15(11-20-9-5-2-6-10-20)23-19-14-8-4-3-7-13(14)17(21)18(22)16(12)19/h3-4,7-8H,2,5-6,9-11H2,1H3. The fourth-order valence-electron chi connectivity index (χ4n) is 3.61. The highest BCUT2D eigenvalue weighted by atomic mass is 16.3. The van der Waals surface area contributed by atoms with E-state index in [4.69, 9.17) is 4.42 Å². The van der Waals surface area contributed by atoms with Crippen LogP contribution in [0.3, 0.4) is 0 Å². The van der Waals surface area contributed by atoms with Crippen molar-refractivity contribution in [3.63, 3.8) is 0 Å². The summed E-state index contributed by atoms with van der Waals surface area (Å²) in [6, 6.07) is 7.19. The van der Waals surface area contributed by atoms with Gasteiger partial charge in [-0.1, -0.05) is 30.7 Å². The van der Waals surface area contributed by atoms with Gasteiger partial charge >= 0.3 is 0 Å². The zero-order chi connectivity index (χ0) is 16.0. The molecule has 1 aliphatic carbocycles. The number of Topliss-reactive ketones (excluding diaryl/α,β-unsaturated/α-hetero) is 2. The van der Waals surface area contributed by atoms with E-state index in [9.17, 15) is 9.59 Å². The molecular formula is C19H19NO3. The van der Waals surface area contributed by atoms with Crippen LogP contribution in [0.4, 0.5) is 0 Å². The molecule has 2 aromatic rings. The predicted octanol–water partition coefficient (Wildman–Crippen LogP) is 3.62. The highest BCUT2D eigenvalue weighted by Crippen LogP contribution is 2.38. The number of hydrogen-bond acceptors (Lipinski definition) is 4. The molecule has 0 amide bonds. The van der Waals surface area contributed by atoms with Crippen molar-refractivity contribution < 1.29 is 14.0 Å². The van der Waals surface area contributed by atoms with Crippen molar-refractivity contribution in [3.8, 4) is 11.3 Å². The number of ketones is 2. The minimum absolute atomic E-state index is 0.429. The first-order chi connectivity index (χ1) is 11.2. The second-order valence-electron chi connectivity index (χ2n) is 6.40. The maximum atomic E-state index is 12.5. The fraction of sp³-hybridized carbons (Fsp3) is 0.368. The first-order valence-corrected chi connectivity index (χ1v) is 8.20. The molecule has 4 heteroatoms. The maximum Gasteiger partial charge on any atom is 0.237 e. The Morgan fingerprint density at radius 3 is 2.43 bits per heavy atom. The van der Waals surface area contributed by atoms with Crippen LogP contribution >= 0.6 is 0 Å². The minimum atomic E-state index is -0.440. The van der Waals surface area contributed by atoms with E-state index in [0.717, 1.165) is 30.0 Å². The minimum Gasteiger partial charge on any atom is -0.459 e. The second kappa shape index (κ2) is 5.46. The molecule has 1 aromatic carbocycles. The van der Waals surface area contributed by atoms with E-state index in [0.29, 0.717) is 23.4 Å². The van der Waals surface area contributed by atoms with Crippen molar-refractivity contribution >= 4 is 11.6 Å². The lowest BCUT2D eigenvalue weighted by molar-refractivity contribution is 0.0814. The summed E-state index contributed by atoms with van der Waals surface area (Å²) in [4.78, 5) is 27.2. The Balaban J connectivity index is 1.78. The average Bonchev–Trinajstić information content (AvgIpc) is 2.91. The van der Waals surface area contributed by atoms with Gasteiger partial charge in [-0.05, 0) is 32.9 Å². The molecule has 0 bridgehead atoms. The number of carbonyl (C=O) groups is 2. The van der Waals surface area contributed by atoms with Crippen molar-refractivity contribution in [2.75, 3.05) is 13.1 Å². The Bertz CT molecular complexity index is 797. The van der Waals surface area contributed by atoms with Gasteiger partial charge in [0.05, 0.1) is 12.1 Å². The van der Waals surface area contributed by atoms with Gasteiger partial charge in [-0.25, -0.2) is 0 Å². The molecule has 0 radical (unpaired) electrons. The summed E-state index contributed by atoms with van der Waals surface area (Å²) in [6.45, 7) is 4.73. The number of benzene rings is 1. The fourth-order valence-corrected chi connectivity index (χ4v) is 3.61. The van der Waals surface area contributed by atoms with Crippen LogP contribution in [0.5, 0.6) is 0 Å². The summed E-state index contributed by atoms with van der Waals surface area (Å²) < 4.78 is 6.07. The third-order valence-corrected chi connectivity index (χ3v) is 4.91. The molecule has 1 aliphatic heterocycles. The summed E-state index contributed by atoms with van der Waals surface area (Å²) in [5.74, 6) is 0.510. The number of nitrogens with zero attached hydrogens (tertiary/aromatic N) is 1. The molecule has 0 atom stereocenters. The topological polar surface area (TPSA) is 50.5 Å². The van der Waals surface area contributed by atoms with Crippen LogP contribution < -0.4 is 0 Å². The molecule has 0 spiro atoms. The molecule has 1 fully saturated rings. The molecule has 1 saturated heterocycles. The number of hydrogen-bond donors (Lipinski definition) is 0. The molecule has 4 nitrogen and oxygen atoms in total. The van der Waals surface area contributed by atoms with Gasteiger partial charge in [-0.2, -0.15) is 0 Å². The number of furan rings is 1. The Morgan fingerprint density at radius 2 is 1.70 bits per heavy atom. The van der Waals surface area contributed by atoms with Gasteiger partial charge in [0.25, 0.3) is 0 Å². The van der Waals surface area contributed by atoms with Gasteiger partial charge in [0.2, 0.25) is 11.6 Å². The Morgan fingerprint density at radius 1 is 1.00 bits per heavy atom. The zero-order valence-corrected chi connectivity index (χ0v) is 13.2. The Labute approximate surface area is 135 Å². The van der Waals surface area contributed by atoms with Gasteiger partial charge in [0.15, 0.2) is 0 Å². The molecule has 118 valence electrons. The summed E-state index contributed by atoms with van der Waals surface area (Å²) in [7, 11) is 0. The Hall–Kier alpha value is -2.20. The number of fused-ring (bicyclic) bond motifs is 3. The number of carbonyl (C=O) groups excluding carboxylic acids is 2. The van der Waals surface area contributed by atoms with Gasteiger partial charge in [-0.15, -0.1) is 0 Å². The lowest BCUT2D eigenvalue weighted by Gasteiger charge is -2.25. The summed E-state index contributed by atoms with van der Waals surface area (Å²) >= 11 is 0. The van der Waals surface area contributed by atoms with Crippen LogP contribution in [-0.2, 0) is 6.54 Å². The second-order valence-corrected chi connectivity index (χ2v) is 6.40. The number of likely N-dealkylation sites (tertiary alicyclic amines) is 1.